The molecule has 0 saturated carbocycles. The lowest BCUT2D eigenvalue weighted by molar-refractivity contribution is -0.297. The van der Waals surface area contributed by atoms with Crippen LogP contribution in [0.25, 0.3) is 0 Å². The summed E-state index contributed by atoms with van der Waals surface area (Å²) < 4.78 is 10.7. The van der Waals surface area contributed by atoms with Gasteiger partial charge in [-0.15, -0.1) is 0 Å². The number of aliphatic hydroxyl groups excluding tert-OH is 4. The van der Waals surface area contributed by atoms with E-state index < -0.39 is 36.8 Å². The molecule has 0 aromatic heterocycles. The Bertz CT molecular complexity index is 479. The summed E-state index contributed by atoms with van der Waals surface area (Å²) in [5, 5.41) is 39.3. The SMILES string of the molecule is CCc1cccc([C@@H](O)COC2O[C@@H](C)[C@H](O)[C@@H](O)[C@H]2O)c1. The van der Waals surface area contributed by atoms with E-state index in [1.54, 1.807) is 13.0 Å². The highest BCUT2D eigenvalue weighted by atomic mass is 16.7. The van der Waals surface area contributed by atoms with Gasteiger partial charge >= 0.3 is 0 Å². The van der Waals surface area contributed by atoms with Crippen molar-refractivity contribution in [3.8, 4) is 0 Å². The van der Waals surface area contributed by atoms with E-state index in [-0.39, 0.29) is 6.61 Å². The topological polar surface area (TPSA) is 99.4 Å². The third-order valence-electron chi connectivity index (χ3n) is 3.97. The normalized spacial score (nSPS) is 33.6. The lowest BCUT2D eigenvalue weighted by Crippen LogP contribution is -2.57. The highest BCUT2D eigenvalue weighted by molar-refractivity contribution is 5.25. The van der Waals surface area contributed by atoms with Crippen LogP contribution in [0.5, 0.6) is 0 Å². The van der Waals surface area contributed by atoms with Crippen LogP contribution < -0.4 is 0 Å². The van der Waals surface area contributed by atoms with E-state index in [1.165, 1.54) is 0 Å². The second kappa shape index (κ2) is 7.50. The summed E-state index contributed by atoms with van der Waals surface area (Å²) >= 11 is 0. The largest absolute Gasteiger partial charge is 0.388 e. The molecule has 1 unspecified atom stereocenters. The fraction of sp³-hybridized carbons (Fsp3) is 0.625. The van der Waals surface area contributed by atoms with Crippen molar-refractivity contribution in [3.05, 3.63) is 35.4 Å². The number of hydrogen-bond acceptors (Lipinski definition) is 6. The molecule has 0 aliphatic carbocycles. The molecule has 2 rings (SSSR count). The van der Waals surface area contributed by atoms with E-state index in [2.05, 4.69) is 0 Å². The van der Waals surface area contributed by atoms with Crippen molar-refractivity contribution in [1.29, 1.82) is 0 Å². The lowest BCUT2D eigenvalue weighted by Gasteiger charge is -2.39. The first-order valence-corrected chi connectivity index (χ1v) is 7.52. The van der Waals surface area contributed by atoms with Gasteiger partial charge in [0, 0.05) is 0 Å². The summed E-state index contributed by atoms with van der Waals surface area (Å²) in [5.41, 5.74) is 1.83. The third-order valence-corrected chi connectivity index (χ3v) is 3.97. The summed E-state index contributed by atoms with van der Waals surface area (Å²) in [4.78, 5) is 0. The third kappa shape index (κ3) is 3.84. The molecule has 1 aliphatic heterocycles. The van der Waals surface area contributed by atoms with Crippen LogP contribution in [0.2, 0.25) is 0 Å². The van der Waals surface area contributed by atoms with Crippen LogP contribution in [-0.2, 0) is 15.9 Å². The fourth-order valence-electron chi connectivity index (χ4n) is 2.45. The minimum Gasteiger partial charge on any atom is -0.388 e. The number of hydrogen-bond donors (Lipinski definition) is 4. The van der Waals surface area contributed by atoms with Crippen LogP contribution in [0.4, 0.5) is 0 Å². The molecule has 6 heteroatoms. The molecular weight excluding hydrogens is 288 g/mol. The minimum absolute atomic E-state index is 0.0789. The average molecular weight is 312 g/mol. The first-order chi connectivity index (χ1) is 10.4. The van der Waals surface area contributed by atoms with Crippen LogP contribution in [0.3, 0.4) is 0 Å². The van der Waals surface area contributed by atoms with Crippen LogP contribution >= 0.6 is 0 Å². The maximum atomic E-state index is 10.2. The van der Waals surface area contributed by atoms with Gasteiger partial charge in [0.05, 0.1) is 12.7 Å². The van der Waals surface area contributed by atoms with Gasteiger partial charge in [0.25, 0.3) is 0 Å². The second-order valence-electron chi connectivity index (χ2n) is 5.63. The number of ether oxygens (including phenoxy) is 2. The van der Waals surface area contributed by atoms with Gasteiger partial charge in [0.15, 0.2) is 6.29 Å². The summed E-state index contributed by atoms with van der Waals surface area (Å²) in [6.07, 6.45) is -5.60. The van der Waals surface area contributed by atoms with Crippen molar-refractivity contribution in [2.45, 2.75) is 57.1 Å². The van der Waals surface area contributed by atoms with E-state index in [4.69, 9.17) is 9.47 Å². The molecule has 124 valence electrons. The number of aliphatic hydroxyl groups is 4. The van der Waals surface area contributed by atoms with Gasteiger partial charge < -0.3 is 29.9 Å². The van der Waals surface area contributed by atoms with E-state index in [1.807, 2.05) is 25.1 Å². The predicted octanol–water partition coefficient (Wildman–Crippen LogP) is 0.126. The first kappa shape index (κ1) is 17.3. The Morgan fingerprint density at radius 1 is 1.18 bits per heavy atom. The molecule has 0 radical (unpaired) electrons. The molecule has 0 spiro atoms. The standard InChI is InChI=1S/C16H24O6/c1-3-10-5-4-6-11(7-10)12(17)8-21-16-15(20)14(19)13(18)9(2)22-16/h4-7,9,12-20H,3,8H2,1-2H3/t9-,12-,13-,14+,15+,16?/m0/s1. The highest BCUT2D eigenvalue weighted by Crippen LogP contribution is 2.23. The summed E-state index contributed by atoms with van der Waals surface area (Å²) in [7, 11) is 0. The van der Waals surface area contributed by atoms with Gasteiger partial charge in [-0.05, 0) is 24.5 Å². The van der Waals surface area contributed by atoms with E-state index in [0.29, 0.717) is 0 Å². The van der Waals surface area contributed by atoms with Crippen LogP contribution in [0.1, 0.15) is 31.1 Å². The van der Waals surface area contributed by atoms with Gasteiger partial charge in [-0.2, -0.15) is 0 Å². The zero-order valence-corrected chi connectivity index (χ0v) is 12.8. The quantitative estimate of drug-likeness (QED) is 0.617. The Balaban J connectivity index is 1.94. The summed E-state index contributed by atoms with van der Waals surface area (Å²) in [5.74, 6) is 0. The molecular formula is C16H24O6. The minimum atomic E-state index is -1.36. The van der Waals surface area contributed by atoms with Crippen LogP contribution in [0.15, 0.2) is 24.3 Å². The van der Waals surface area contributed by atoms with Crippen LogP contribution in [0, 0.1) is 0 Å². The summed E-state index contributed by atoms with van der Waals surface area (Å²) in [6.45, 7) is 3.53. The Hall–Kier alpha value is -1.02. The molecule has 0 amide bonds. The fourth-order valence-corrected chi connectivity index (χ4v) is 2.45. The molecule has 0 bridgehead atoms. The van der Waals surface area contributed by atoms with Gasteiger partial charge in [-0.1, -0.05) is 31.2 Å². The van der Waals surface area contributed by atoms with Crippen LogP contribution in [-0.4, -0.2) is 57.7 Å². The molecule has 6 atom stereocenters. The predicted molar refractivity (Wildman–Crippen MR) is 79.1 cm³/mol. The molecule has 1 heterocycles. The molecule has 22 heavy (non-hydrogen) atoms. The molecule has 1 fully saturated rings. The maximum Gasteiger partial charge on any atom is 0.186 e. The zero-order chi connectivity index (χ0) is 16.3. The van der Waals surface area contributed by atoms with E-state index in [9.17, 15) is 20.4 Å². The molecule has 6 nitrogen and oxygen atoms in total. The van der Waals surface area contributed by atoms with Gasteiger partial charge in [0.2, 0.25) is 0 Å². The molecule has 1 aromatic carbocycles. The Kier molecular flexibility index (Phi) is 5.91. The number of aryl methyl sites for hydroxylation is 1. The van der Waals surface area contributed by atoms with Crippen molar-refractivity contribution < 1.29 is 29.9 Å². The monoisotopic (exact) mass is 312 g/mol. The molecule has 1 aliphatic rings. The van der Waals surface area contributed by atoms with Gasteiger partial charge in [-0.3, -0.25) is 0 Å². The smallest absolute Gasteiger partial charge is 0.186 e. The molecule has 1 aromatic rings. The van der Waals surface area contributed by atoms with Crippen molar-refractivity contribution in [1.82, 2.24) is 0 Å². The lowest BCUT2D eigenvalue weighted by atomic mass is 10.00. The Morgan fingerprint density at radius 3 is 2.59 bits per heavy atom. The Labute approximate surface area is 129 Å². The highest BCUT2D eigenvalue weighted by Gasteiger charge is 2.42. The number of rotatable bonds is 5. The van der Waals surface area contributed by atoms with Crippen molar-refractivity contribution in [2.24, 2.45) is 0 Å². The van der Waals surface area contributed by atoms with Crippen molar-refractivity contribution in [2.75, 3.05) is 6.61 Å². The average Bonchev–Trinajstić information content (AvgIpc) is 2.54. The van der Waals surface area contributed by atoms with E-state index in [0.717, 1.165) is 17.5 Å². The van der Waals surface area contributed by atoms with Gasteiger partial charge in [-0.25, -0.2) is 0 Å². The number of benzene rings is 1. The summed E-state index contributed by atoms with van der Waals surface area (Å²) in [6, 6.07) is 7.54. The van der Waals surface area contributed by atoms with Crippen molar-refractivity contribution >= 4 is 0 Å². The van der Waals surface area contributed by atoms with Gasteiger partial charge in [0.1, 0.15) is 24.4 Å². The zero-order valence-electron chi connectivity index (χ0n) is 12.8. The molecule has 4 N–H and O–H groups in total. The second-order valence-corrected chi connectivity index (χ2v) is 5.63. The van der Waals surface area contributed by atoms with E-state index >= 15 is 0 Å². The maximum absolute atomic E-state index is 10.2. The molecule has 1 saturated heterocycles. The Morgan fingerprint density at radius 2 is 1.91 bits per heavy atom. The van der Waals surface area contributed by atoms with Crippen molar-refractivity contribution in [3.63, 3.8) is 0 Å². The first-order valence-electron chi connectivity index (χ1n) is 7.52.